The second kappa shape index (κ2) is 12.2. The molecule has 2 aromatic heterocycles. The molecule has 0 unspecified atom stereocenters. The van der Waals surface area contributed by atoms with Crippen molar-refractivity contribution in [2.75, 3.05) is 16.5 Å². The Bertz CT molecular complexity index is 2550. The van der Waals surface area contributed by atoms with Gasteiger partial charge in [0.1, 0.15) is 17.3 Å². The highest BCUT2D eigenvalue weighted by atomic mass is 16.5. The summed E-state index contributed by atoms with van der Waals surface area (Å²) >= 11 is 0. The minimum absolute atomic E-state index is 0.00745. The predicted octanol–water partition coefficient (Wildman–Crippen LogP) is 12.0. The number of fused-ring (bicyclic) bond motifs is 4. The maximum absolute atomic E-state index is 6.64. The van der Waals surface area contributed by atoms with Gasteiger partial charge in [-0.3, -0.25) is 4.57 Å². The monoisotopic (exact) mass is 662 g/mol. The molecule has 0 bridgehead atoms. The normalized spacial score (nSPS) is 12.8. The summed E-state index contributed by atoms with van der Waals surface area (Å²) in [6, 6.07) is 55.4. The highest BCUT2D eigenvalue weighted by Crippen LogP contribution is 2.44. The number of anilines is 3. The first-order valence-electron chi connectivity index (χ1n) is 17.5. The standard InChI is InChI=1S/C46H38N4O/c1-46(2,3)49-31-48(42-22-11-12-23-43(42)49)34-16-13-17-35(29-34)51-36-24-25-40-39-20-9-10-21-41(39)50(44(40)30-36)45-28-33(26-27-47-45)38-19-8-7-18-37(38)32-14-5-4-6-15-32/h4-30H,31H2,1-3H3. The van der Waals surface area contributed by atoms with Crippen LogP contribution in [0.5, 0.6) is 11.5 Å². The molecule has 0 atom stereocenters. The molecule has 0 radical (unpaired) electrons. The average Bonchev–Trinajstić information content (AvgIpc) is 3.72. The summed E-state index contributed by atoms with van der Waals surface area (Å²) in [6.45, 7) is 7.56. The molecule has 9 rings (SSSR count). The lowest BCUT2D eigenvalue weighted by atomic mass is 9.95. The molecule has 5 nitrogen and oxygen atoms in total. The Morgan fingerprint density at radius 3 is 2.06 bits per heavy atom. The van der Waals surface area contributed by atoms with Crippen LogP contribution in [0.2, 0.25) is 0 Å². The largest absolute Gasteiger partial charge is 0.457 e. The zero-order valence-electron chi connectivity index (χ0n) is 29.0. The molecule has 0 saturated heterocycles. The van der Waals surface area contributed by atoms with Crippen molar-refractivity contribution in [3.63, 3.8) is 0 Å². The summed E-state index contributed by atoms with van der Waals surface area (Å²) in [5.41, 5.74) is 10.3. The fourth-order valence-electron chi connectivity index (χ4n) is 7.43. The van der Waals surface area contributed by atoms with Gasteiger partial charge in [-0.05, 0) is 97.6 Å². The molecule has 6 aromatic carbocycles. The van der Waals surface area contributed by atoms with Crippen LogP contribution in [0.25, 0.3) is 49.9 Å². The molecule has 1 aliphatic heterocycles. The van der Waals surface area contributed by atoms with Crippen LogP contribution in [-0.2, 0) is 0 Å². The van der Waals surface area contributed by atoms with Crippen molar-refractivity contribution in [3.8, 4) is 39.6 Å². The molecule has 0 aliphatic carbocycles. The smallest absolute Gasteiger partial charge is 0.138 e. The molecule has 8 aromatic rings. The fraction of sp³-hybridized carbons (Fsp3) is 0.109. The van der Waals surface area contributed by atoms with Gasteiger partial charge in [-0.2, -0.15) is 0 Å². The molecule has 1 aliphatic rings. The summed E-state index contributed by atoms with van der Waals surface area (Å²) in [4.78, 5) is 9.75. The van der Waals surface area contributed by atoms with Crippen LogP contribution in [0, 0.1) is 0 Å². The quantitative estimate of drug-likeness (QED) is 0.177. The Kier molecular flexibility index (Phi) is 7.36. The van der Waals surface area contributed by atoms with E-state index in [2.05, 4.69) is 187 Å². The molecule has 248 valence electrons. The first-order chi connectivity index (χ1) is 24.9. The van der Waals surface area contributed by atoms with E-state index < -0.39 is 0 Å². The Morgan fingerprint density at radius 1 is 0.549 bits per heavy atom. The van der Waals surface area contributed by atoms with Crippen LogP contribution in [0.3, 0.4) is 0 Å². The third kappa shape index (κ3) is 5.48. The van der Waals surface area contributed by atoms with Gasteiger partial charge in [0.2, 0.25) is 0 Å². The lowest BCUT2D eigenvalue weighted by Gasteiger charge is -2.34. The molecule has 0 saturated carbocycles. The topological polar surface area (TPSA) is 33.5 Å². The summed E-state index contributed by atoms with van der Waals surface area (Å²) < 4.78 is 8.89. The second-order valence-corrected chi connectivity index (χ2v) is 14.1. The van der Waals surface area contributed by atoms with Crippen molar-refractivity contribution < 1.29 is 4.74 Å². The van der Waals surface area contributed by atoms with Gasteiger partial charge in [-0.1, -0.05) is 91.0 Å². The van der Waals surface area contributed by atoms with Gasteiger partial charge in [0.15, 0.2) is 0 Å². The Balaban J connectivity index is 1.10. The van der Waals surface area contributed by atoms with Gasteiger partial charge in [0, 0.05) is 40.3 Å². The summed E-state index contributed by atoms with van der Waals surface area (Å²) in [7, 11) is 0. The van der Waals surface area contributed by atoms with Crippen molar-refractivity contribution in [2.45, 2.75) is 26.3 Å². The lowest BCUT2D eigenvalue weighted by molar-refractivity contribution is 0.483. The lowest BCUT2D eigenvalue weighted by Crippen LogP contribution is -2.42. The molecule has 0 N–H and O–H groups in total. The van der Waals surface area contributed by atoms with E-state index in [4.69, 9.17) is 9.72 Å². The minimum Gasteiger partial charge on any atom is -0.457 e. The third-order valence-electron chi connectivity index (χ3n) is 9.86. The number of hydrogen-bond donors (Lipinski definition) is 0. The molecule has 0 spiro atoms. The van der Waals surface area contributed by atoms with Gasteiger partial charge in [0.25, 0.3) is 0 Å². The van der Waals surface area contributed by atoms with E-state index in [1.54, 1.807) is 0 Å². The highest BCUT2D eigenvalue weighted by molar-refractivity contribution is 6.09. The van der Waals surface area contributed by atoms with E-state index in [1.165, 1.54) is 33.5 Å². The van der Waals surface area contributed by atoms with Gasteiger partial charge >= 0.3 is 0 Å². The molecule has 0 fully saturated rings. The van der Waals surface area contributed by atoms with E-state index >= 15 is 0 Å². The first kappa shape index (κ1) is 30.7. The summed E-state index contributed by atoms with van der Waals surface area (Å²) in [5, 5.41) is 2.33. The fourth-order valence-corrected chi connectivity index (χ4v) is 7.43. The number of benzene rings is 6. The van der Waals surface area contributed by atoms with Crippen molar-refractivity contribution >= 4 is 38.9 Å². The SMILES string of the molecule is CC(C)(C)N1CN(c2cccc(Oc3ccc4c5ccccc5n(-c5cc(-c6ccccc6-c6ccccc6)ccn5)c4c3)c2)c2ccccc21. The van der Waals surface area contributed by atoms with E-state index in [0.717, 1.165) is 51.7 Å². The number of rotatable bonds is 6. The van der Waals surface area contributed by atoms with Crippen LogP contribution in [0.4, 0.5) is 17.1 Å². The van der Waals surface area contributed by atoms with Crippen molar-refractivity contribution in [3.05, 3.63) is 164 Å². The number of hydrogen-bond acceptors (Lipinski definition) is 4. The Hall–Kier alpha value is -6.33. The Morgan fingerprint density at radius 2 is 1.24 bits per heavy atom. The van der Waals surface area contributed by atoms with Gasteiger partial charge in [-0.25, -0.2) is 4.98 Å². The number of ether oxygens (including phenoxy) is 1. The van der Waals surface area contributed by atoms with Crippen LogP contribution in [0.15, 0.2) is 164 Å². The van der Waals surface area contributed by atoms with Gasteiger partial charge in [-0.15, -0.1) is 0 Å². The highest BCUT2D eigenvalue weighted by Gasteiger charge is 2.33. The molecule has 5 heteroatoms. The third-order valence-corrected chi connectivity index (χ3v) is 9.86. The van der Waals surface area contributed by atoms with Crippen molar-refractivity contribution in [1.29, 1.82) is 0 Å². The first-order valence-corrected chi connectivity index (χ1v) is 17.5. The summed E-state index contributed by atoms with van der Waals surface area (Å²) in [5.74, 6) is 2.42. The van der Waals surface area contributed by atoms with Crippen LogP contribution in [-0.4, -0.2) is 21.8 Å². The minimum atomic E-state index is -0.00745. The second-order valence-electron chi connectivity index (χ2n) is 14.1. The van der Waals surface area contributed by atoms with Crippen LogP contribution in [0.1, 0.15) is 20.8 Å². The molecule has 0 amide bonds. The van der Waals surface area contributed by atoms with Crippen molar-refractivity contribution in [1.82, 2.24) is 9.55 Å². The summed E-state index contributed by atoms with van der Waals surface area (Å²) in [6.07, 6.45) is 1.91. The number of pyridine rings is 1. The zero-order valence-corrected chi connectivity index (χ0v) is 29.0. The number of nitrogens with zero attached hydrogens (tertiary/aromatic N) is 4. The maximum atomic E-state index is 6.64. The van der Waals surface area contributed by atoms with Crippen LogP contribution >= 0.6 is 0 Å². The zero-order chi connectivity index (χ0) is 34.5. The molecule has 51 heavy (non-hydrogen) atoms. The van der Waals surface area contributed by atoms with E-state index in [-0.39, 0.29) is 5.54 Å². The van der Waals surface area contributed by atoms with Crippen molar-refractivity contribution in [2.24, 2.45) is 0 Å². The average molecular weight is 663 g/mol. The van der Waals surface area contributed by atoms with E-state index in [9.17, 15) is 0 Å². The maximum Gasteiger partial charge on any atom is 0.138 e. The van der Waals surface area contributed by atoms with E-state index in [1.807, 2.05) is 12.3 Å². The number of para-hydroxylation sites is 3. The molecule has 3 heterocycles. The van der Waals surface area contributed by atoms with E-state index in [0.29, 0.717) is 0 Å². The van der Waals surface area contributed by atoms with Gasteiger partial charge in [0.05, 0.1) is 29.1 Å². The Labute approximate surface area is 298 Å². The predicted molar refractivity (Wildman–Crippen MR) is 212 cm³/mol. The number of aromatic nitrogens is 2. The molecular weight excluding hydrogens is 625 g/mol. The van der Waals surface area contributed by atoms with Gasteiger partial charge < -0.3 is 14.5 Å². The molecular formula is C46H38N4O. The van der Waals surface area contributed by atoms with Crippen LogP contribution < -0.4 is 14.5 Å².